The van der Waals surface area contributed by atoms with E-state index in [0.29, 0.717) is 11.3 Å². The van der Waals surface area contributed by atoms with E-state index < -0.39 is 23.9 Å². The summed E-state index contributed by atoms with van der Waals surface area (Å²) in [5, 5.41) is 22.1. The summed E-state index contributed by atoms with van der Waals surface area (Å²) in [6, 6.07) is 2.09. The molecule has 0 spiro atoms. The van der Waals surface area contributed by atoms with Gasteiger partial charge in [-0.3, -0.25) is 0 Å². The predicted molar refractivity (Wildman–Crippen MR) is 66.4 cm³/mol. The maximum atomic E-state index is 13.0. The second-order valence-electron chi connectivity index (χ2n) is 3.97. The first-order valence-electron chi connectivity index (χ1n) is 5.61. The van der Waals surface area contributed by atoms with Crippen molar-refractivity contribution in [1.82, 2.24) is 5.32 Å². The Hall–Kier alpha value is -2.15. The Balaban J connectivity index is 2.63. The van der Waals surface area contributed by atoms with Crippen molar-refractivity contribution in [2.24, 2.45) is 0 Å². The molecule has 7 heteroatoms. The highest BCUT2D eigenvalue weighted by molar-refractivity contribution is 5.92. The number of urea groups is 1. The van der Waals surface area contributed by atoms with E-state index in [1.54, 1.807) is 6.92 Å². The number of halogens is 1. The lowest BCUT2D eigenvalue weighted by Crippen LogP contribution is -2.43. The molecule has 6 nitrogen and oxygen atoms in total. The largest absolute Gasteiger partial charge is 0.480 e. The third-order valence-electron chi connectivity index (χ3n) is 2.44. The minimum atomic E-state index is -1.24. The van der Waals surface area contributed by atoms with Crippen LogP contribution < -0.4 is 10.6 Å². The summed E-state index contributed by atoms with van der Waals surface area (Å²) in [5.41, 5.74) is 0.715. The summed E-state index contributed by atoms with van der Waals surface area (Å²) in [6.45, 7) is 1.19. The highest BCUT2D eigenvalue weighted by Crippen LogP contribution is 2.13. The van der Waals surface area contributed by atoms with Gasteiger partial charge in [0.2, 0.25) is 0 Å². The number of aliphatic hydroxyl groups excluding tert-OH is 1. The van der Waals surface area contributed by atoms with Crippen LogP contribution in [0.4, 0.5) is 14.9 Å². The van der Waals surface area contributed by atoms with Gasteiger partial charge in [0.05, 0.1) is 0 Å². The Kier molecular flexibility index (Phi) is 5.25. The zero-order valence-corrected chi connectivity index (χ0v) is 10.3. The third kappa shape index (κ3) is 4.55. The van der Waals surface area contributed by atoms with Crippen LogP contribution in [0.25, 0.3) is 0 Å². The van der Waals surface area contributed by atoms with Crippen molar-refractivity contribution in [2.45, 2.75) is 19.4 Å². The molecular weight excluding hydrogens is 255 g/mol. The standard InChI is InChI=1S/C12H15FN2O4/c1-7-6-8(2-3-9(7)13)14-12(19)15-10(4-5-16)11(17)18/h2-3,6,10,16H,4-5H2,1H3,(H,17,18)(H2,14,15,19)/t10-/m1/s1. The van der Waals surface area contributed by atoms with Crippen molar-refractivity contribution in [3.63, 3.8) is 0 Å². The smallest absolute Gasteiger partial charge is 0.326 e. The molecule has 4 N–H and O–H groups in total. The fourth-order valence-corrected chi connectivity index (χ4v) is 1.43. The van der Waals surface area contributed by atoms with Gasteiger partial charge in [0.15, 0.2) is 0 Å². The first-order valence-corrected chi connectivity index (χ1v) is 5.61. The van der Waals surface area contributed by atoms with E-state index in [1.807, 2.05) is 0 Å². The maximum Gasteiger partial charge on any atom is 0.326 e. The lowest BCUT2D eigenvalue weighted by Gasteiger charge is -2.14. The van der Waals surface area contributed by atoms with Gasteiger partial charge in [-0.2, -0.15) is 0 Å². The number of carbonyl (C=O) groups is 2. The van der Waals surface area contributed by atoms with Crippen LogP contribution in [0.15, 0.2) is 18.2 Å². The van der Waals surface area contributed by atoms with E-state index in [-0.39, 0.29) is 13.0 Å². The van der Waals surface area contributed by atoms with Crippen LogP contribution in [-0.2, 0) is 4.79 Å². The van der Waals surface area contributed by atoms with Crippen molar-refractivity contribution in [1.29, 1.82) is 0 Å². The molecule has 0 unspecified atom stereocenters. The molecule has 0 aliphatic carbocycles. The van der Waals surface area contributed by atoms with E-state index in [1.165, 1.54) is 18.2 Å². The Bertz CT molecular complexity index is 479. The van der Waals surface area contributed by atoms with E-state index in [2.05, 4.69) is 10.6 Å². The molecule has 0 fully saturated rings. The van der Waals surface area contributed by atoms with E-state index in [9.17, 15) is 14.0 Å². The van der Waals surface area contributed by atoms with Crippen LogP contribution in [0.2, 0.25) is 0 Å². The summed E-state index contributed by atoms with van der Waals surface area (Å²) in [7, 11) is 0. The van der Waals surface area contributed by atoms with Gasteiger partial charge in [0.1, 0.15) is 11.9 Å². The number of hydrogen-bond donors (Lipinski definition) is 4. The summed E-state index contributed by atoms with van der Waals surface area (Å²) < 4.78 is 13.0. The minimum Gasteiger partial charge on any atom is -0.480 e. The van der Waals surface area contributed by atoms with E-state index >= 15 is 0 Å². The van der Waals surface area contributed by atoms with Gasteiger partial charge in [0, 0.05) is 18.7 Å². The molecule has 0 aliphatic heterocycles. The average Bonchev–Trinajstić information content (AvgIpc) is 2.33. The SMILES string of the molecule is Cc1cc(NC(=O)N[C@H](CCO)C(=O)O)ccc1F. The molecule has 0 saturated carbocycles. The number of carbonyl (C=O) groups excluding carboxylic acids is 1. The van der Waals surface area contributed by atoms with Gasteiger partial charge in [-0.15, -0.1) is 0 Å². The van der Waals surface area contributed by atoms with Crippen LogP contribution in [0.3, 0.4) is 0 Å². The van der Waals surface area contributed by atoms with E-state index in [0.717, 1.165) is 0 Å². The number of amides is 2. The summed E-state index contributed by atoms with van der Waals surface area (Å²) in [6.07, 6.45) is -0.0921. The Morgan fingerprint density at radius 2 is 2.11 bits per heavy atom. The maximum absolute atomic E-state index is 13.0. The van der Waals surface area contributed by atoms with Crippen LogP contribution in [0.5, 0.6) is 0 Å². The van der Waals surface area contributed by atoms with Crippen molar-refractivity contribution in [3.05, 3.63) is 29.6 Å². The quantitative estimate of drug-likeness (QED) is 0.643. The van der Waals surface area contributed by atoms with Crippen LogP contribution in [0.1, 0.15) is 12.0 Å². The van der Waals surface area contributed by atoms with Gasteiger partial charge < -0.3 is 20.8 Å². The van der Waals surface area contributed by atoms with Crippen molar-refractivity contribution < 1.29 is 24.2 Å². The molecule has 0 bridgehead atoms. The number of aliphatic hydroxyl groups is 1. The molecule has 0 radical (unpaired) electrons. The molecule has 0 saturated heterocycles. The normalized spacial score (nSPS) is 11.7. The molecule has 104 valence electrons. The number of aliphatic carboxylic acids is 1. The number of nitrogens with one attached hydrogen (secondary N) is 2. The molecule has 2 amide bonds. The van der Waals surface area contributed by atoms with Crippen LogP contribution >= 0.6 is 0 Å². The van der Waals surface area contributed by atoms with Gasteiger partial charge in [-0.05, 0) is 30.7 Å². The third-order valence-corrected chi connectivity index (χ3v) is 2.44. The summed E-state index contributed by atoms with van der Waals surface area (Å²) >= 11 is 0. The number of anilines is 1. The van der Waals surface area contributed by atoms with Gasteiger partial charge in [0.25, 0.3) is 0 Å². The van der Waals surface area contributed by atoms with Crippen molar-refractivity contribution in [3.8, 4) is 0 Å². The Labute approximate surface area is 109 Å². The number of carboxylic acid groups (broad SMARTS) is 1. The minimum absolute atomic E-state index is 0.0921. The zero-order valence-electron chi connectivity index (χ0n) is 10.3. The second kappa shape index (κ2) is 6.69. The lowest BCUT2D eigenvalue weighted by molar-refractivity contribution is -0.139. The fraction of sp³-hybridized carbons (Fsp3) is 0.333. The molecule has 1 atom stereocenters. The molecule has 19 heavy (non-hydrogen) atoms. The molecule has 0 aromatic heterocycles. The van der Waals surface area contributed by atoms with Crippen molar-refractivity contribution in [2.75, 3.05) is 11.9 Å². The highest BCUT2D eigenvalue weighted by Gasteiger charge is 2.19. The number of aryl methyl sites for hydroxylation is 1. The average molecular weight is 270 g/mol. The van der Waals surface area contributed by atoms with Crippen LogP contribution in [-0.4, -0.2) is 34.9 Å². The number of rotatable bonds is 5. The molecule has 1 aromatic carbocycles. The molecule has 0 aliphatic rings. The van der Waals surface area contributed by atoms with Gasteiger partial charge in [-0.1, -0.05) is 0 Å². The lowest BCUT2D eigenvalue weighted by atomic mass is 10.2. The zero-order chi connectivity index (χ0) is 14.4. The highest BCUT2D eigenvalue weighted by atomic mass is 19.1. The molecular formula is C12H15FN2O4. The second-order valence-corrected chi connectivity index (χ2v) is 3.97. The number of carboxylic acids is 1. The first kappa shape index (κ1) is 14.9. The van der Waals surface area contributed by atoms with Crippen LogP contribution in [0, 0.1) is 12.7 Å². The first-order chi connectivity index (χ1) is 8.93. The summed E-state index contributed by atoms with van der Waals surface area (Å²) in [5.74, 6) is -1.63. The predicted octanol–water partition coefficient (Wildman–Crippen LogP) is 1.09. The molecule has 1 aromatic rings. The fourth-order valence-electron chi connectivity index (χ4n) is 1.43. The van der Waals surface area contributed by atoms with Crippen molar-refractivity contribution >= 4 is 17.7 Å². The topological polar surface area (TPSA) is 98.7 Å². The van der Waals surface area contributed by atoms with E-state index in [4.69, 9.17) is 10.2 Å². The Morgan fingerprint density at radius 3 is 2.63 bits per heavy atom. The molecule has 0 heterocycles. The monoisotopic (exact) mass is 270 g/mol. The molecule has 1 rings (SSSR count). The summed E-state index contributed by atoms with van der Waals surface area (Å²) in [4.78, 5) is 22.3. The number of hydrogen-bond acceptors (Lipinski definition) is 3. The number of benzene rings is 1. The van der Waals surface area contributed by atoms with Gasteiger partial charge in [-0.25, -0.2) is 14.0 Å². The Morgan fingerprint density at radius 1 is 1.42 bits per heavy atom. The van der Waals surface area contributed by atoms with Gasteiger partial charge >= 0.3 is 12.0 Å².